The van der Waals surface area contributed by atoms with E-state index in [4.69, 9.17) is 4.74 Å². The highest BCUT2D eigenvalue weighted by Gasteiger charge is 2.24. The van der Waals surface area contributed by atoms with Gasteiger partial charge in [-0.2, -0.15) is 0 Å². The molecule has 23 heavy (non-hydrogen) atoms. The molecule has 2 aromatic rings. The summed E-state index contributed by atoms with van der Waals surface area (Å²) >= 11 is 0. The van der Waals surface area contributed by atoms with Gasteiger partial charge in [0.15, 0.2) is 0 Å². The van der Waals surface area contributed by atoms with Crippen molar-refractivity contribution in [2.45, 2.75) is 39.2 Å². The summed E-state index contributed by atoms with van der Waals surface area (Å²) in [5.41, 5.74) is 1.31. The highest BCUT2D eigenvalue weighted by Crippen LogP contribution is 2.32. The Bertz CT molecular complexity index is 595. The molecule has 0 unspecified atom stereocenters. The zero-order valence-corrected chi connectivity index (χ0v) is 14.1. The van der Waals surface area contributed by atoms with Crippen LogP contribution in [0.25, 0.3) is 0 Å². The molecule has 122 valence electrons. The zero-order chi connectivity index (χ0) is 16.1. The number of pyridine rings is 1. The number of rotatable bonds is 5. The second-order valence-electron chi connectivity index (χ2n) is 6.75. The number of benzene rings is 1. The van der Waals surface area contributed by atoms with Gasteiger partial charge in [-0.25, -0.2) is 4.98 Å². The van der Waals surface area contributed by atoms with Crippen molar-refractivity contribution in [3.05, 3.63) is 54.2 Å². The number of piperidine rings is 1. The maximum atomic E-state index is 5.79. The lowest BCUT2D eigenvalue weighted by atomic mass is 9.95. The maximum Gasteiger partial charge on any atom is 0.219 e. The summed E-state index contributed by atoms with van der Waals surface area (Å²) in [5, 5.41) is 0. The average molecular weight is 310 g/mol. The molecule has 0 spiro atoms. The number of nitrogens with zero attached hydrogens (tertiary/aromatic N) is 2. The van der Waals surface area contributed by atoms with E-state index >= 15 is 0 Å². The number of para-hydroxylation sites is 1. The van der Waals surface area contributed by atoms with Crippen molar-refractivity contribution in [1.29, 1.82) is 0 Å². The van der Waals surface area contributed by atoms with Crippen LogP contribution in [0, 0.1) is 5.92 Å². The SMILES string of the molecule is CC(C)CN1CCCC[C@H]1c1ccc(Oc2ccccc2)nc1. The van der Waals surface area contributed by atoms with E-state index < -0.39 is 0 Å². The van der Waals surface area contributed by atoms with Crippen LogP contribution in [0.1, 0.15) is 44.7 Å². The van der Waals surface area contributed by atoms with Crippen LogP contribution in [0.2, 0.25) is 0 Å². The molecule has 0 N–H and O–H groups in total. The van der Waals surface area contributed by atoms with Crippen molar-refractivity contribution in [3.8, 4) is 11.6 Å². The van der Waals surface area contributed by atoms with Gasteiger partial charge in [-0.3, -0.25) is 4.90 Å². The second kappa shape index (κ2) is 7.60. The molecule has 1 aliphatic rings. The standard InChI is InChI=1S/C20H26N2O/c1-16(2)15-22-13-7-6-10-19(22)17-11-12-20(21-14-17)23-18-8-4-3-5-9-18/h3-5,8-9,11-12,14,16,19H,6-7,10,13,15H2,1-2H3/t19-/m0/s1. The van der Waals surface area contributed by atoms with Gasteiger partial charge in [0.25, 0.3) is 0 Å². The fourth-order valence-corrected chi connectivity index (χ4v) is 3.31. The molecular weight excluding hydrogens is 284 g/mol. The number of aromatic nitrogens is 1. The molecule has 3 nitrogen and oxygen atoms in total. The Kier molecular flexibility index (Phi) is 5.29. The highest BCUT2D eigenvalue weighted by atomic mass is 16.5. The number of likely N-dealkylation sites (tertiary alicyclic amines) is 1. The van der Waals surface area contributed by atoms with Crippen molar-refractivity contribution in [2.24, 2.45) is 5.92 Å². The Morgan fingerprint density at radius 3 is 2.65 bits per heavy atom. The molecule has 2 heterocycles. The van der Waals surface area contributed by atoms with Crippen molar-refractivity contribution in [3.63, 3.8) is 0 Å². The lowest BCUT2D eigenvalue weighted by Crippen LogP contribution is -2.36. The van der Waals surface area contributed by atoms with Gasteiger partial charge in [0.2, 0.25) is 5.88 Å². The highest BCUT2D eigenvalue weighted by molar-refractivity contribution is 5.28. The third-order valence-corrected chi connectivity index (χ3v) is 4.32. The van der Waals surface area contributed by atoms with E-state index in [-0.39, 0.29) is 0 Å². The van der Waals surface area contributed by atoms with Gasteiger partial charge in [0.1, 0.15) is 5.75 Å². The molecule has 0 amide bonds. The van der Waals surface area contributed by atoms with E-state index in [0.29, 0.717) is 17.8 Å². The van der Waals surface area contributed by atoms with Gasteiger partial charge in [-0.1, -0.05) is 44.5 Å². The fourth-order valence-electron chi connectivity index (χ4n) is 3.31. The first-order valence-corrected chi connectivity index (χ1v) is 8.65. The van der Waals surface area contributed by atoms with Crippen LogP contribution in [0.3, 0.4) is 0 Å². The summed E-state index contributed by atoms with van der Waals surface area (Å²) in [5.74, 6) is 2.18. The molecular formula is C20H26N2O. The number of hydrogen-bond acceptors (Lipinski definition) is 3. The number of hydrogen-bond donors (Lipinski definition) is 0. The van der Waals surface area contributed by atoms with E-state index in [9.17, 15) is 0 Å². The van der Waals surface area contributed by atoms with E-state index in [0.717, 1.165) is 12.3 Å². The molecule has 3 rings (SSSR count). The van der Waals surface area contributed by atoms with Crippen LogP contribution in [0.5, 0.6) is 11.6 Å². The first-order valence-electron chi connectivity index (χ1n) is 8.65. The molecule has 1 aromatic carbocycles. The van der Waals surface area contributed by atoms with Crippen molar-refractivity contribution in [2.75, 3.05) is 13.1 Å². The largest absolute Gasteiger partial charge is 0.439 e. The predicted octanol–water partition coefficient (Wildman–Crippen LogP) is 5.06. The predicted molar refractivity (Wildman–Crippen MR) is 93.8 cm³/mol. The molecule has 3 heteroatoms. The first kappa shape index (κ1) is 16.0. The van der Waals surface area contributed by atoms with Crippen molar-refractivity contribution < 1.29 is 4.74 Å². The summed E-state index contributed by atoms with van der Waals surface area (Å²) in [4.78, 5) is 7.13. The Labute approximate surface area is 139 Å². The van der Waals surface area contributed by atoms with Crippen molar-refractivity contribution in [1.82, 2.24) is 9.88 Å². The molecule has 1 fully saturated rings. The van der Waals surface area contributed by atoms with Crippen LogP contribution in [0.4, 0.5) is 0 Å². The van der Waals surface area contributed by atoms with Gasteiger partial charge in [0.05, 0.1) is 0 Å². The molecule has 0 bridgehead atoms. The molecule has 0 radical (unpaired) electrons. The molecule has 1 aromatic heterocycles. The van der Waals surface area contributed by atoms with Crippen LogP contribution in [0.15, 0.2) is 48.7 Å². The first-order chi connectivity index (χ1) is 11.2. The lowest BCUT2D eigenvalue weighted by molar-refractivity contribution is 0.132. The van der Waals surface area contributed by atoms with Crippen molar-refractivity contribution >= 4 is 0 Å². The normalized spacial score (nSPS) is 19.0. The molecule has 1 saturated heterocycles. The third kappa shape index (κ3) is 4.32. The smallest absolute Gasteiger partial charge is 0.219 e. The number of ether oxygens (including phenoxy) is 1. The van der Waals surface area contributed by atoms with E-state index in [1.165, 1.54) is 31.4 Å². The molecule has 1 atom stereocenters. The molecule has 0 aliphatic carbocycles. The Morgan fingerprint density at radius 1 is 1.13 bits per heavy atom. The third-order valence-electron chi connectivity index (χ3n) is 4.32. The van der Waals surface area contributed by atoms with E-state index in [1.54, 1.807) is 0 Å². The Balaban J connectivity index is 1.70. The Morgan fingerprint density at radius 2 is 1.96 bits per heavy atom. The van der Waals surface area contributed by atoms with Crippen LogP contribution in [-0.4, -0.2) is 23.0 Å². The quantitative estimate of drug-likeness (QED) is 0.772. The van der Waals surface area contributed by atoms with Crippen LogP contribution in [-0.2, 0) is 0 Å². The minimum Gasteiger partial charge on any atom is -0.439 e. The summed E-state index contributed by atoms with van der Waals surface area (Å²) in [7, 11) is 0. The van der Waals surface area contributed by atoms with Gasteiger partial charge < -0.3 is 4.74 Å². The summed E-state index contributed by atoms with van der Waals surface area (Å²) in [6, 6.07) is 14.5. The molecule has 0 saturated carbocycles. The topological polar surface area (TPSA) is 25.4 Å². The fraction of sp³-hybridized carbons (Fsp3) is 0.450. The van der Waals surface area contributed by atoms with Gasteiger partial charge in [-0.15, -0.1) is 0 Å². The van der Waals surface area contributed by atoms with E-state index in [2.05, 4.69) is 29.8 Å². The monoisotopic (exact) mass is 310 g/mol. The average Bonchev–Trinajstić information content (AvgIpc) is 2.57. The lowest BCUT2D eigenvalue weighted by Gasteiger charge is -2.37. The Hall–Kier alpha value is -1.87. The second-order valence-corrected chi connectivity index (χ2v) is 6.75. The van der Waals surface area contributed by atoms with E-state index in [1.807, 2.05) is 42.6 Å². The van der Waals surface area contributed by atoms with Crippen LogP contribution < -0.4 is 4.74 Å². The maximum absolute atomic E-state index is 5.79. The summed E-state index contributed by atoms with van der Waals surface area (Å²) < 4.78 is 5.79. The minimum atomic E-state index is 0.504. The summed E-state index contributed by atoms with van der Waals surface area (Å²) in [6.07, 6.45) is 5.84. The van der Waals surface area contributed by atoms with Gasteiger partial charge >= 0.3 is 0 Å². The minimum absolute atomic E-state index is 0.504. The van der Waals surface area contributed by atoms with Gasteiger partial charge in [0, 0.05) is 24.8 Å². The van der Waals surface area contributed by atoms with Gasteiger partial charge in [-0.05, 0) is 43.0 Å². The van der Waals surface area contributed by atoms with Crippen LogP contribution >= 0.6 is 0 Å². The summed E-state index contributed by atoms with van der Waals surface area (Å²) in [6.45, 7) is 6.94. The molecule has 1 aliphatic heterocycles. The zero-order valence-electron chi connectivity index (χ0n) is 14.1.